The summed E-state index contributed by atoms with van der Waals surface area (Å²) in [6.07, 6.45) is 3.39. The maximum atomic E-state index is 5.34. The Hall–Kier alpha value is -1.06. The summed E-state index contributed by atoms with van der Waals surface area (Å²) in [5, 5.41) is 6.73. The zero-order chi connectivity index (χ0) is 19.2. The molecule has 0 bridgehead atoms. The van der Waals surface area contributed by atoms with Crippen LogP contribution in [-0.2, 0) is 4.74 Å². The van der Waals surface area contributed by atoms with Crippen molar-refractivity contribution in [1.82, 2.24) is 15.5 Å². The molecule has 0 aromatic heterocycles. The number of para-hydroxylation sites is 1. The first-order chi connectivity index (χ1) is 13.3. The molecular weight excluding hydrogens is 465 g/mol. The molecule has 28 heavy (non-hydrogen) atoms. The van der Waals surface area contributed by atoms with Gasteiger partial charge in [-0.25, -0.2) is 0 Å². The van der Waals surface area contributed by atoms with E-state index in [1.807, 2.05) is 14.0 Å². The second kappa shape index (κ2) is 15.8. The van der Waals surface area contributed by atoms with Gasteiger partial charge in [-0.15, -0.1) is 24.0 Å². The van der Waals surface area contributed by atoms with Crippen molar-refractivity contribution in [2.24, 2.45) is 4.99 Å². The van der Waals surface area contributed by atoms with E-state index in [0.717, 1.165) is 64.9 Å². The average molecular weight is 503 g/mol. The van der Waals surface area contributed by atoms with Crippen LogP contribution in [0.15, 0.2) is 35.3 Å². The van der Waals surface area contributed by atoms with Gasteiger partial charge in [0, 0.05) is 65.2 Å². The van der Waals surface area contributed by atoms with Crippen LogP contribution in [0, 0.1) is 0 Å². The maximum absolute atomic E-state index is 5.34. The molecule has 160 valence electrons. The molecule has 1 aromatic carbocycles. The molecule has 2 rings (SSSR count). The third kappa shape index (κ3) is 9.93. The zero-order valence-corrected chi connectivity index (χ0v) is 19.9. The van der Waals surface area contributed by atoms with Gasteiger partial charge in [-0.1, -0.05) is 18.2 Å². The Labute approximate surface area is 188 Å². The summed E-state index contributed by atoms with van der Waals surface area (Å²) in [6.45, 7) is 11.2. The number of anilines is 1. The Kier molecular flexibility index (Phi) is 14.1. The average Bonchev–Trinajstić information content (AvgIpc) is 2.73. The van der Waals surface area contributed by atoms with Gasteiger partial charge in [-0.2, -0.15) is 0 Å². The molecule has 1 saturated heterocycles. The number of hydrogen-bond acceptors (Lipinski definition) is 4. The lowest BCUT2D eigenvalue weighted by Gasteiger charge is -2.36. The second-order valence-electron chi connectivity index (χ2n) is 6.85. The third-order valence-electron chi connectivity index (χ3n) is 4.87. The molecule has 0 amide bonds. The Morgan fingerprint density at radius 2 is 1.68 bits per heavy atom. The predicted octanol–water partition coefficient (Wildman–Crippen LogP) is 2.80. The number of rotatable bonds is 11. The number of nitrogens with one attached hydrogen (secondary N) is 2. The SMILES string of the molecule is CCOCCCNC(=NC)NCCCCN1CCN(c2ccccc2)CC1.I. The van der Waals surface area contributed by atoms with E-state index in [2.05, 4.69) is 55.8 Å². The molecule has 1 heterocycles. The highest BCUT2D eigenvalue weighted by molar-refractivity contribution is 14.0. The van der Waals surface area contributed by atoms with Gasteiger partial charge in [0.05, 0.1) is 0 Å². The Balaban J connectivity index is 0.00000392. The Bertz CT molecular complexity index is 521. The molecule has 0 unspecified atom stereocenters. The van der Waals surface area contributed by atoms with Crippen LogP contribution in [0.3, 0.4) is 0 Å². The van der Waals surface area contributed by atoms with Crippen molar-refractivity contribution in [3.63, 3.8) is 0 Å². The van der Waals surface area contributed by atoms with Crippen LogP contribution in [0.2, 0.25) is 0 Å². The van der Waals surface area contributed by atoms with Gasteiger partial charge in [0.15, 0.2) is 5.96 Å². The summed E-state index contributed by atoms with van der Waals surface area (Å²) in [5.41, 5.74) is 1.35. The normalized spacial score (nSPS) is 15.2. The molecule has 1 aliphatic rings. The lowest BCUT2D eigenvalue weighted by molar-refractivity contribution is 0.145. The number of halogens is 1. The molecule has 2 N–H and O–H groups in total. The summed E-state index contributed by atoms with van der Waals surface area (Å²) in [6, 6.07) is 10.7. The molecule has 1 aromatic rings. The summed E-state index contributed by atoms with van der Waals surface area (Å²) in [5.74, 6) is 0.892. The summed E-state index contributed by atoms with van der Waals surface area (Å²) < 4.78 is 5.34. The molecular formula is C21H38IN5O. The summed E-state index contributed by atoms with van der Waals surface area (Å²) >= 11 is 0. The van der Waals surface area contributed by atoms with E-state index in [-0.39, 0.29) is 24.0 Å². The largest absolute Gasteiger partial charge is 0.382 e. The van der Waals surface area contributed by atoms with Crippen LogP contribution in [0.25, 0.3) is 0 Å². The first-order valence-corrected chi connectivity index (χ1v) is 10.4. The van der Waals surface area contributed by atoms with Gasteiger partial charge in [0.2, 0.25) is 0 Å². The van der Waals surface area contributed by atoms with E-state index in [1.54, 1.807) is 0 Å². The lowest BCUT2D eigenvalue weighted by Crippen LogP contribution is -2.46. The summed E-state index contributed by atoms with van der Waals surface area (Å²) in [4.78, 5) is 9.34. The van der Waals surface area contributed by atoms with Crippen molar-refractivity contribution in [1.29, 1.82) is 0 Å². The standard InChI is InChI=1S/C21H37N5O.HI/c1-3-27-19-9-13-24-21(22-2)23-12-7-8-14-25-15-17-26(18-16-25)20-10-5-4-6-11-20;/h4-6,10-11H,3,7-9,12-19H2,1-2H3,(H2,22,23,24);1H. The van der Waals surface area contributed by atoms with Crippen LogP contribution < -0.4 is 15.5 Å². The van der Waals surface area contributed by atoms with Crippen LogP contribution in [0.4, 0.5) is 5.69 Å². The quantitative estimate of drug-likeness (QED) is 0.211. The fraction of sp³-hybridized carbons (Fsp3) is 0.667. The van der Waals surface area contributed by atoms with Crippen LogP contribution >= 0.6 is 24.0 Å². The minimum Gasteiger partial charge on any atom is -0.382 e. The van der Waals surface area contributed by atoms with Gasteiger partial charge < -0.3 is 20.3 Å². The van der Waals surface area contributed by atoms with Crippen molar-refractivity contribution in [2.45, 2.75) is 26.2 Å². The number of aliphatic imine (C=N–C) groups is 1. The first-order valence-electron chi connectivity index (χ1n) is 10.4. The topological polar surface area (TPSA) is 52.1 Å². The molecule has 6 nitrogen and oxygen atoms in total. The van der Waals surface area contributed by atoms with Gasteiger partial charge >= 0.3 is 0 Å². The molecule has 0 aliphatic carbocycles. The van der Waals surface area contributed by atoms with Gasteiger partial charge in [-0.05, 0) is 44.9 Å². The number of unbranched alkanes of at least 4 members (excludes halogenated alkanes) is 1. The number of nitrogens with zero attached hydrogens (tertiary/aromatic N) is 3. The smallest absolute Gasteiger partial charge is 0.190 e. The molecule has 1 aliphatic heterocycles. The Morgan fingerprint density at radius 1 is 1.00 bits per heavy atom. The second-order valence-corrected chi connectivity index (χ2v) is 6.85. The van der Waals surface area contributed by atoms with E-state index >= 15 is 0 Å². The van der Waals surface area contributed by atoms with Crippen LogP contribution in [0.5, 0.6) is 0 Å². The van der Waals surface area contributed by atoms with E-state index in [1.165, 1.54) is 25.1 Å². The fourth-order valence-electron chi connectivity index (χ4n) is 3.28. The van der Waals surface area contributed by atoms with E-state index in [4.69, 9.17) is 4.74 Å². The molecule has 0 saturated carbocycles. The number of guanidine groups is 1. The van der Waals surface area contributed by atoms with Crippen LogP contribution in [0.1, 0.15) is 26.2 Å². The molecule has 0 spiro atoms. The number of benzene rings is 1. The van der Waals surface area contributed by atoms with Crippen molar-refractivity contribution in [3.8, 4) is 0 Å². The minimum absolute atomic E-state index is 0. The fourth-order valence-corrected chi connectivity index (χ4v) is 3.28. The van der Waals surface area contributed by atoms with Crippen molar-refractivity contribution in [3.05, 3.63) is 30.3 Å². The minimum atomic E-state index is 0. The highest BCUT2D eigenvalue weighted by atomic mass is 127. The zero-order valence-electron chi connectivity index (χ0n) is 17.5. The number of piperazine rings is 1. The van der Waals surface area contributed by atoms with Gasteiger partial charge in [0.1, 0.15) is 0 Å². The maximum Gasteiger partial charge on any atom is 0.190 e. The summed E-state index contributed by atoms with van der Waals surface area (Å²) in [7, 11) is 1.82. The highest BCUT2D eigenvalue weighted by Crippen LogP contribution is 2.15. The highest BCUT2D eigenvalue weighted by Gasteiger charge is 2.16. The van der Waals surface area contributed by atoms with Gasteiger partial charge in [0.25, 0.3) is 0 Å². The first kappa shape index (κ1) is 25.0. The van der Waals surface area contributed by atoms with Crippen LogP contribution in [-0.4, -0.2) is 76.9 Å². The van der Waals surface area contributed by atoms with Crippen molar-refractivity contribution < 1.29 is 4.74 Å². The third-order valence-corrected chi connectivity index (χ3v) is 4.87. The predicted molar refractivity (Wildman–Crippen MR) is 130 cm³/mol. The lowest BCUT2D eigenvalue weighted by atomic mass is 10.2. The number of hydrogen-bond donors (Lipinski definition) is 2. The monoisotopic (exact) mass is 503 g/mol. The van der Waals surface area contributed by atoms with Crippen molar-refractivity contribution in [2.75, 3.05) is 71.0 Å². The Morgan fingerprint density at radius 3 is 2.32 bits per heavy atom. The molecule has 0 atom stereocenters. The van der Waals surface area contributed by atoms with Gasteiger partial charge in [-0.3, -0.25) is 9.89 Å². The van der Waals surface area contributed by atoms with E-state index < -0.39 is 0 Å². The van der Waals surface area contributed by atoms with E-state index in [0.29, 0.717) is 0 Å². The molecule has 7 heteroatoms. The van der Waals surface area contributed by atoms with E-state index in [9.17, 15) is 0 Å². The van der Waals surface area contributed by atoms with Crippen molar-refractivity contribution >= 4 is 35.6 Å². The molecule has 0 radical (unpaired) electrons. The molecule has 1 fully saturated rings. The number of ether oxygens (including phenoxy) is 1.